The van der Waals surface area contributed by atoms with Gasteiger partial charge in [0.15, 0.2) is 0 Å². The SMILES string of the molecule is CCOc1ccc(Cc2cc([C@@H]3O[C@H](CO)[C@@H](O)[C@H](O)[C@H]3O)ccc2Cl)cc1.C[C@H](O)CO.C[C@H](O)CO.O. The lowest BCUT2D eigenvalue weighted by Gasteiger charge is -2.40. The second-order valence-electron chi connectivity index (χ2n) is 8.92. The average Bonchev–Trinajstić information content (AvgIpc) is 2.91. The summed E-state index contributed by atoms with van der Waals surface area (Å²) in [7, 11) is 0. The summed E-state index contributed by atoms with van der Waals surface area (Å²) >= 11 is 6.35. The zero-order valence-electron chi connectivity index (χ0n) is 22.4. The molecule has 11 nitrogen and oxygen atoms in total. The maximum absolute atomic E-state index is 10.3. The molecule has 0 radical (unpaired) electrons. The first-order chi connectivity index (χ1) is 18.0. The van der Waals surface area contributed by atoms with Crippen molar-refractivity contribution in [2.45, 2.75) is 69.9 Å². The Morgan fingerprint density at radius 1 is 0.872 bits per heavy atom. The first kappa shape index (κ1) is 37.1. The Kier molecular flexibility index (Phi) is 18.3. The third-order valence-electron chi connectivity index (χ3n) is 5.45. The standard InChI is InChI=1S/C21H25ClO6.2C3H8O2.H2O/c1-2-27-15-6-3-12(4-7-15)9-14-10-13(5-8-16(14)22)21-20(26)19(25)18(24)17(11-23)28-21;2*1-3(5)2-4;/h3-8,10,17-21,23-26H,2,9,11H2,1H3;2*3-5H,2H2,1H3;1H2/t17-,18-,19+,20-,21+;2*3-;/m100./s1. The molecule has 0 aliphatic carbocycles. The van der Waals surface area contributed by atoms with Crippen molar-refractivity contribution in [3.05, 3.63) is 64.2 Å². The van der Waals surface area contributed by atoms with Crippen LogP contribution in [0.5, 0.6) is 5.75 Å². The van der Waals surface area contributed by atoms with Gasteiger partial charge in [0.1, 0.15) is 36.3 Å². The maximum Gasteiger partial charge on any atom is 0.119 e. The molecule has 7 atom stereocenters. The van der Waals surface area contributed by atoms with E-state index in [-0.39, 0.29) is 18.7 Å². The highest BCUT2D eigenvalue weighted by Crippen LogP contribution is 2.34. The molecule has 1 saturated heterocycles. The van der Waals surface area contributed by atoms with Crippen LogP contribution in [0.15, 0.2) is 42.5 Å². The fourth-order valence-electron chi connectivity index (χ4n) is 3.37. The Bertz CT molecular complexity index is 901. The van der Waals surface area contributed by atoms with Gasteiger partial charge in [-0.15, -0.1) is 0 Å². The molecule has 3 rings (SSSR count). The molecule has 0 aromatic heterocycles. The number of halogens is 1. The molecule has 0 spiro atoms. The van der Waals surface area contributed by atoms with Gasteiger partial charge in [-0.2, -0.15) is 0 Å². The van der Waals surface area contributed by atoms with Crippen molar-refractivity contribution >= 4 is 11.6 Å². The molecule has 2 aromatic rings. The van der Waals surface area contributed by atoms with Crippen LogP contribution >= 0.6 is 11.6 Å². The van der Waals surface area contributed by atoms with Crippen molar-refractivity contribution in [1.29, 1.82) is 0 Å². The second kappa shape index (κ2) is 19.2. The molecule has 1 aliphatic rings. The molecule has 10 N–H and O–H groups in total. The normalized spacial score (nSPS) is 23.6. The Morgan fingerprint density at radius 3 is 1.87 bits per heavy atom. The quantitative estimate of drug-likeness (QED) is 0.205. The zero-order chi connectivity index (χ0) is 28.8. The summed E-state index contributed by atoms with van der Waals surface area (Å²) in [6.45, 7) is 4.85. The van der Waals surface area contributed by atoms with Crippen molar-refractivity contribution in [2.75, 3.05) is 26.4 Å². The number of hydrogen-bond donors (Lipinski definition) is 8. The minimum Gasteiger partial charge on any atom is -0.494 e. The summed E-state index contributed by atoms with van der Waals surface area (Å²) in [4.78, 5) is 0. The summed E-state index contributed by atoms with van der Waals surface area (Å²) in [6.07, 6.45) is -6.51. The van der Waals surface area contributed by atoms with E-state index in [1.165, 1.54) is 13.8 Å². The number of ether oxygens (including phenoxy) is 2. The van der Waals surface area contributed by atoms with Crippen molar-refractivity contribution in [3.8, 4) is 5.75 Å². The molecule has 1 aliphatic heterocycles. The predicted octanol–water partition coefficient (Wildman–Crippen LogP) is -0.261. The molecule has 0 saturated carbocycles. The summed E-state index contributed by atoms with van der Waals surface area (Å²) in [5.74, 6) is 0.799. The predicted molar refractivity (Wildman–Crippen MR) is 146 cm³/mol. The van der Waals surface area contributed by atoms with Crippen LogP contribution in [-0.2, 0) is 11.2 Å². The van der Waals surface area contributed by atoms with Gasteiger partial charge in [0.25, 0.3) is 0 Å². The van der Waals surface area contributed by atoms with E-state index in [1.54, 1.807) is 12.1 Å². The molecule has 12 heteroatoms. The van der Waals surface area contributed by atoms with E-state index < -0.39 is 49.3 Å². The van der Waals surface area contributed by atoms with E-state index in [4.69, 9.17) is 41.5 Å². The van der Waals surface area contributed by atoms with E-state index >= 15 is 0 Å². The van der Waals surface area contributed by atoms with Crippen LogP contribution in [0.1, 0.15) is 43.6 Å². The van der Waals surface area contributed by atoms with Gasteiger partial charge in [-0.25, -0.2) is 0 Å². The lowest BCUT2D eigenvalue weighted by atomic mass is 9.90. The monoisotopic (exact) mass is 578 g/mol. The highest BCUT2D eigenvalue weighted by atomic mass is 35.5. The third kappa shape index (κ3) is 12.5. The molecule has 39 heavy (non-hydrogen) atoms. The van der Waals surface area contributed by atoms with Gasteiger partial charge < -0.3 is 55.8 Å². The number of aliphatic hydroxyl groups excluding tert-OH is 8. The summed E-state index contributed by atoms with van der Waals surface area (Å²) in [6, 6.07) is 12.9. The van der Waals surface area contributed by atoms with Crippen LogP contribution < -0.4 is 4.74 Å². The Morgan fingerprint density at radius 2 is 1.41 bits per heavy atom. The number of benzene rings is 2. The van der Waals surface area contributed by atoms with Gasteiger partial charge in [-0.05, 0) is 62.1 Å². The van der Waals surface area contributed by atoms with Gasteiger partial charge in [-0.3, -0.25) is 0 Å². The molecule has 2 aromatic carbocycles. The van der Waals surface area contributed by atoms with E-state index in [0.717, 1.165) is 16.9 Å². The Hall–Kier alpha value is -1.87. The highest BCUT2D eigenvalue weighted by molar-refractivity contribution is 6.31. The number of hydrogen-bond acceptors (Lipinski definition) is 10. The number of aliphatic hydroxyl groups is 8. The van der Waals surface area contributed by atoms with Crippen LogP contribution in [-0.4, -0.2) is 109 Å². The topological polar surface area (TPSA) is 212 Å². The number of rotatable bonds is 8. The maximum atomic E-state index is 10.3. The lowest BCUT2D eigenvalue weighted by Crippen LogP contribution is -2.55. The minimum absolute atomic E-state index is 0. The third-order valence-corrected chi connectivity index (χ3v) is 5.82. The van der Waals surface area contributed by atoms with Crippen molar-refractivity contribution in [3.63, 3.8) is 0 Å². The molecular weight excluding hydrogens is 536 g/mol. The van der Waals surface area contributed by atoms with Gasteiger partial charge in [0.2, 0.25) is 0 Å². The van der Waals surface area contributed by atoms with E-state index in [1.807, 2.05) is 37.3 Å². The summed E-state index contributed by atoms with van der Waals surface area (Å²) in [5.41, 5.74) is 2.49. The molecular formula is C27H43ClO11. The molecule has 0 bridgehead atoms. The lowest BCUT2D eigenvalue weighted by molar-refractivity contribution is -0.231. The summed E-state index contributed by atoms with van der Waals surface area (Å²) in [5, 5.41) is 72.3. The van der Waals surface area contributed by atoms with Gasteiger partial charge >= 0.3 is 0 Å². The van der Waals surface area contributed by atoms with E-state index in [9.17, 15) is 20.4 Å². The van der Waals surface area contributed by atoms with Crippen LogP contribution in [0, 0.1) is 0 Å². The molecule has 224 valence electrons. The van der Waals surface area contributed by atoms with Crippen LogP contribution in [0.4, 0.5) is 0 Å². The van der Waals surface area contributed by atoms with E-state index in [2.05, 4.69) is 0 Å². The molecule has 0 amide bonds. The van der Waals surface area contributed by atoms with Gasteiger partial charge in [0, 0.05) is 5.02 Å². The first-order valence-electron chi connectivity index (χ1n) is 12.4. The van der Waals surface area contributed by atoms with Crippen LogP contribution in [0.3, 0.4) is 0 Å². The Balaban J connectivity index is 0.00000113. The van der Waals surface area contributed by atoms with Gasteiger partial charge in [-0.1, -0.05) is 35.9 Å². The Labute approximate surface area is 233 Å². The fourth-order valence-corrected chi connectivity index (χ4v) is 3.56. The first-order valence-corrected chi connectivity index (χ1v) is 12.7. The van der Waals surface area contributed by atoms with Crippen molar-refractivity contribution < 1.29 is 55.8 Å². The van der Waals surface area contributed by atoms with E-state index in [0.29, 0.717) is 23.6 Å². The second-order valence-corrected chi connectivity index (χ2v) is 9.32. The van der Waals surface area contributed by atoms with Gasteiger partial charge in [0.05, 0.1) is 38.6 Å². The zero-order valence-corrected chi connectivity index (χ0v) is 23.1. The molecule has 0 unspecified atom stereocenters. The minimum atomic E-state index is -1.42. The van der Waals surface area contributed by atoms with Crippen molar-refractivity contribution in [1.82, 2.24) is 0 Å². The van der Waals surface area contributed by atoms with Crippen molar-refractivity contribution in [2.24, 2.45) is 0 Å². The molecule has 1 heterocycles. The van der Waals surface area contributed by atoms with Crippen LogP contribution in [0.2, 0.25) is 5.02 Å². The smallest absolute Gasteiger partial charge is 0.119 e. The van der Waals surface area contributed by atoms with Crippen LogP contribution in [0.25, 0.3) is 0 Å². The highest BCUT2D eigenvalue weighted by Gasteiger charge is 2.44. The fraction of sp³-hybridized carbons (Fsp3) is 0.556. The largest absolute Gasteiger partial charge is 0.494 e. The summed E-state index contributed by atoms with van der Waals surface area (Å²) < 4.78 is 11.1. The average molecular weight is 579 g/mol. The molecule has 1 fully saturated rings.